The Balaban J connectivity index is 2.12. The summed E-state index contributed by atoms with van der Waals surface area (Å²) in [4.78, 5) is 12.0. The van der Waals surface area contributed by atoms with Gasteiger partial charge in [0.15, 0.2) is 6.10 Å². The summed E-state index contributed by atoms with van der Waals surface area (Å²) in [5.41, 5.74) is 0.769. The van der Waals surface area contributed by atoms with Crippen molar-refractivity contribution in [3.8, 4) is 5.75 Å². The molecule has 1 heterocycles. The van der Waals surface area contributed by atoms with Gasteiger partial charge in [0.25, 0.3) is 5.91 Å². The van der Waals surface area contributed by atoms with Gasteiger partial charge in [-0.1, -0.05) is 23.2 Å². The second-order valence-corrected chi connectivity index (χ2v) is 4.92. The van der Waals surface area contributed by atoms with Gasteiger partial charge in [0.05, 0.1) is 10.7 Å². The normalized spacial score (nSPS) is 12.2. The molecule has 0 fully saturated rings. The Morgan fingerprint density at radius 1 is 1.37 bits per heavy atom. The minimum absolute atomic E-state index is 0.265. The maximum absolute atomic E-state index is 12.0. The van der Waals surface area contributed by atoms with E-state index in [1.54, 1.807) is 37.4 Å². The minimum atomic E-state index is -0.696. The molecule has 0 saturated heterocycles. The van der Waals surface area contributed by atoms with Gasteiger partial charge in [0.2, 0.25) is 0 Å². The molecule has 1 aromatic heterocycles. The summed E-state index contributed by atoms with van der Waals surface area (Å²) < 4.78 is 6.78. The van der Waals surface area contributed by atoms with Crippen LogP contribution in [0.1, 0.15) is 17.4 Å². The van der Waals surface area contributed by atoms with Crippen LogP contribution in [0.3, 0.4) is 0 Å². The zero-order valence-corrected chi connectivity index (χ0v) is 11.9. The molecule has 6 heteroatoms. The fraction of sp³-hybridized carbons (Fsp3) is 0.231. The molecule has 19 heavy (non-hydrogen) atoms. The van der Waals surface area contributed by atoms with Crippen LogP contribution in [0.15, 0.2) is 30.5 Å². The van der Waals surface area contributed by atoms with Crippen LogP contribution in [0.25, 0.3) is 0 Å². The highest BCUT2D eigenvalue weighted by atomic mass is 35.5. The van der Waals surface area contributed by atoms with Gasteiger partial charge in [0, 0.05) is 11.2 Å². The van der Waals surface area contributed by atoms with E-state index in [4.69, 9.17) is 27.9 Å². The lowest BCUT2D eigenvalue weighted by Gasteiger charge is -2.14. The van der Waals surface area contributed by atoms with Crippen molar-refractivity contribution in [1.82, 2.24) is 9.78 Å². The van der Waals surface area contributed by atoms with Crippen LogP contribution in [0.5, 0.6) is 5.75 Å². The molecule has 0 spiro atoms. The van der Waals surface area contributed by atoms with Gasteiger partial charge in [0.1, 0.15) is 5.75 Å². The van der Waals surface area contributed by atoms with Crippen LogP contribution in [-0.4, -0.2) is 21.8 Å². The summed E-state index contributed by atoms with van der Waals surface area (Å²) in [7, 11) is 0. The molecule has 1 unspecified atom stereocenters. The van der Waals surface area contributed by atoms with E-state index in [9.17, 15) is 4.79 Å². The Kier molecular flexibility index (Phi) is 4.12. The van der Waals surface area contributed by atoms with Crippen LogP contribution in [0.2, 0.25) is 10.0 Å². The standard InChI is InChI=1S/C13H12Cl2N2O2/c1-8-5-6-17(16-8)13(18)9(2)19-12-4-3-10(14)7-11(12)15/h3-7,9H,1-2H3. The number of carbonyl (C=O) groups excluding carboxylic acids is 1. The first-order chi connectivity index (χ1) is 8.97. The maximum Gasteiger partial charge on any atom is 0.287 e. The second-order valence-electron chi connectivity index (χ2n) is 4.07. The topological polar surface area (TPSA) is 44.1 Å². The SMILES string of the molecule is Cc1ccn(C(=O)C(C)Oc2ccc(Cl)cc2Cl)n1. The minimum Gasteiger partial charge on any atom is -0.479 e. The van der Waals surface area contributed by atoms with Gasteiger partial charge in [-0.15, -0.1) is 0 Å². The van der Waals surface area contributed by atoms with E-state index in [-0.39, 0.29) is 5.91 Å². The van der Waals surface area contributed by atoms with Gasteiger partial charge in [-0.3, -0.25) is 4.79 Å². The largest absolute Gasteiger partial charge is 0.479 e. The van der Waals surface area contributed by atoms with E-state index in [0.717, 1.165) is 5.69 Å². The van der Waals surface area contributed by atoms with E-state index in [1.165, 1.54) is 4.68 Å². The van der Waals surface area contributed by atoms with Crippen molar-refractivity contribution in [2.75, 3.05) is 0 Å². The summed E-state index contributed by atoms with van der Waals surface area (Å²) in [5.74, 6) is 0.148. The lowest BCUT2D eigenvalue weighted by molar-refractivity contribution is 0.0710. The molecule has 1 aromatic carbocycles. The Hall–Kier alpha value is -1.52. The van der Waals surface area contributed by atoms with Gasteiger partial charge < -0.3 is 4.74 Å². The quantitative estimate of drug-likeness (QED) is 0.869. The van der Waals surface area contributed by atoms with Crippen molar-refractivity contribution >= 4 is 29.1 Å². The Labute approximate surface area is 120 Å². The molecule has 100 valence electrons. The molecule has 0 saturated carbocycles. The number of aromatic nitrogens is 2. The molecule has 0 aliphatic carbocycles. The van der Waals surface area contributed by atoms with E-state index in [2.05, 4.69) is 5.10 Å². The molecule has 0 N–H and O–H groups in total. The summed E-state index contributed by atoms with van der Waals surface area (Å²) in [6.07, 6.45) is 0.902. The van der Waals surface area contributed by atoms with Gasteiger partial charge in [-0.25, -0.2) is 4.68 Å². The van der Waals surface area contributed by atoms with Crippen molar-refractivity contribution in [2.45, 2.75) is 20.0 Å². The number of ether oxygens (including phenoxy) is 1. The molecular formula is C13H12Cl2N2O2. The monoisotopic (exact) mass is 298 g/mol. The van der Waals surface area contributed by atoms with Crippen molar-refractivity contribution in [3.63, 3.8) is 0 Å². The van der Waals surface area contributed by atoms with Crippen LogP contribution >= 0.6 is 23.2 Å². The maximum atomic E-state index is 12.0. The van der Waals surface area contributed by atoms with E-state index < -0.39 is 6.10 Å². The number of carbonyl (C=O) groups is 1. The number of halogens is 2. The predicted molar refractivity (Wildman–Crippen MR) is 74.1 cm³/mol. The number of rotatable bonds is 3. The molecule has 0 bridgehead atoms. The Morgan fingerprint density at radius 3 is 2.68 bits per heavy atom. The highest BCUT2D eigenvalue weighted by Gasteiger charge is 2.18. The lowest BCUT2D eigenvalue weighted by atomic mass is 10.3. The van der Waals surface area contributed by atoms with Gasteiger partial charge in [-0.2, -0.15) is 5.10 Å². The van der Waals surface area contributed by atoms with E-state index in [1.807, 2.05) is 6.92 Å². The van der Waals surface area contributed by atoms with E-state index in [0.29, 0.717) is 15.8 Å². The number of hydrogen-bond donors (Lipinski definition) is 0. The smallest absolute Gasteiger partial charge is 0.287 e. The van der Waals surface area contributed by atoms with Crippen molar-refractivity contribution in [3.05, 3.63) is 46.2 Å². The number of benzene rings is 1. The van der Waals surface area contributed by atoms with Gasteiger partial charge >= 0.3 is 0 Å². The average Bonchev–Trinajstić information content (AvgIpc) is 2.78. The summed E-state index contributed by atoms with van der Waals surface area (Å²) in [6.45, 7) is 3.45. The van der Waals surface area contributed by atoms with Crippen molar-refractivity contribution in [2.24, 2.45) is 0 Å². The third kappa shape index (κ3) is 3.28. The van der Waals surface area contributed by atoms with Crippen molar-refractivity contribution in [1.29, 1.82) is 0 Å². The zero-order chi connectivity index (χ0) is 14.0. The van der Waals surface area contributed by atoms with Crippen LogP contribution in [0.4, 0.5) is 0 Å². The molecule has 4 nitrogen and oxygen atoms in total. The third-order valence-electron chi connectivity index (χ3n) is 2.49. The molecule has 1 atom stereocenters. The summed E-state index contributed by atoms with van der Waals surface area (Å²) in [5, 5.41) is 4.92. The summed E-state index contributed by atoms with van der Waals surface area (Å²) >= 11 is 11.8. The van der Waals surface area contributed by atoms with Crippen LogP contribution < -0.4 is 4.74 Å². The molecule has 2 aromatic rings. The highest BCUT2D eigenvalue weighted by Crippen LogP contribution is 2.28. The molecule has 0 radical (unpaired) electrons. The first-order valence-corrected chi connectivity index (χ1v) is 6.41. The van der Waals surface area contributed by atoms with Crippen LogP contribution in [0, 0.1) is 6.92 Å². The van der Waals surface area contributed by atoms with Crippen LogP contribution in [-0.2, 0) is 0 Å². The third-order valence-corrected chi connectivity index (χ3v) is 3.02. The number of aryl methyl sites for hydroxylation is 1. The fourth-order valence-corrected chi connectivity index (χ4v) is 1.99. The number of nitrogens with zero attached hydrogens (tertiary/aromatic N) is 2. The fourth-order valence-electron chi connectivity index (χ4n) is 1.54. The summed E-state index contributed by atoms with van der Waals surface area (Å²) in [6, 6.07) is 6.59. The van der Waals surface area contributed by atoms with E-state index >= 15 is 0 Å². The first-order valence-electron chi connectivity index (χ1n) is 5.65. The van der Waals surface area contributed by atoms with Crippen molar-refractivity contribution < 1.29 is 9.53 Å². The molecule has 0 amide bonds. The average molecular weight is 299 g/mol. The molecular weight excluding hydrogens is 287 g/mol. The Bertz CT molecular complexity index is 610. The zero-order valence-electron chi connectivity index (χ0n) is 10.4. The molecule has 0 aliphatic heterocycles. The first kappa shape index (κ1) is 13.9. The predicted octanol–water partition coefficient (Wildman–Crippen LogP) is 3.61. The molecule has 0 aliphatic rings. The second kappa shape index (κ2) is 5.63. The molecule has 2 rings (SSSR count). The Morgan fingerprint density at radius 2 is 2.11 bits per heavy atom. The highest BCUT2D eigenvalue weighted by molar-refractivity contribution is 6.35. The lowest BCUT2D eigenvalue weighted by Crippen LogP contribution is -2.29. The van der Waals surface area contributed by atoms with Gasteiger partial charge in [-0.05, 0) is 38.1 Å². The number of hydrogen-bond acceptors (Lipinski definition) is 3.